The summed E-state index contributed by atoms with van der Waals surface area (Å²) in [7, 11) is 0. The van der Waals surface area contributed by atoms with E-state index in [0.29, 0.717) is 17.9 Å². The maximum atomic E-state index is 10.7. The van der Waals surface area contributed by atoms with Crippen LogP contribution in [0, 0.1) is 0 Å². The molecular formula is C10H13NO3. The molecule has 4 heteroatoms. The Bertz CT molecular complexity index is 308. The van der Waals surface area contributed by atoms with Crippen molar-refractivity contribution in [2.24, 2.45) is 0 Å². The molecule has 0 bridgehead atoms. The van der Waals surface area contributed by atoms with Crippen LogP contribution < -0.4 is 10.5 Å². The molecule has 1 atom stereocenters. The number of nitrogens with two attached hydrogens (primary N) is 1. The number of aliphatic carboxylic acids is 1. The van der Waals surface area contributed by atoms with Crippen LogP contribution in [0.2, 0.25) is 0 Å². The van der Waals surface area contributed by atoms with Gasteiger partial charge in [0.05, 0.1) is 0 Å². The number of ether oxygens (including phenoxy) is 1. The molecule has 0 fully saturated rings. The van der Waals surface area contributed by atoms with Gasteiger partial charge in [-0.1, -0.05) is 6.92 Å². The van der Waals surface area contributed by atoms with Crippen LogP contribution in [0.3, 0.4) is 0 Å². The van der Waals surface area contributed by atoms with Crippen LogP contribution in [0.15, 0.2) is 24.3 Å². The van der Waals surface area contributed by atoms with Gasteiger partial charge >= 0.3 is 5.97 Å². The van der Waals surface area contributed by atoms with Gasteiger partial charge in [-0.3, -0.25) is 0 Å². The molecule has 3 N–H and O–H groups in total. The molecule has 0 heterocycles. The molecule has 0 radical (unpaired) electrons. The molecule has 14 heavy (non-hydrogen) atoms. The van der Waals surface area contributed by atoms with Gasteiger partial charge in [-0.05, 0) is 30.7 Å². The Morgan fingerprint density at radius 2 is 2.07 bits per heavy atom. The van der Waals surface area contributed by atoms with Gasteiger partial charge in [0.25, 0.3) is 0 Å². The summed E-state index contributed by atoms with van der Waals surface area (Å²) in [4.78, 5) is 10.7. The third-order valence-electron chi connectivity index (χ3n) is 1.80. The zero-order valence-electron chi connectivity index (χ0n) is 7.93. The summed E-state index contributed by atoms with van der Waals surface area (Å²) in [5.74, 6) is -0.433. The maximum absolute atomic E-state index is 10.7. The van der Waals surface area contributed by atoms with Crippen LogP contribution >= 0.6 is 0 Å². The lowest BCUT2D eigenvalue weighted by atomic mass is 10.2. The highest BCUT2D eigenvalue weighted by atomic mass is 16.5. The number of hydrogen-bond acceptors (Lipinski definition) is 3. The molecule has 0 amide bonds. The average molecular weight is 195 g/mol. The zero-order valence-corrected chi connectivity index (χ0v) is 7.93. The Labute approximate surface area is 82.3 Å². The van der Waals surface area contributed by atoms with E-state index in [9.17, 15) is 4.79 Å². The number of carboxylic acids is 1. The second kappa shape index (κ2) is 4.50. The monoisotopic (exact) mass is 195 g/mol. The molecule has 0 saturated heterocycles. The summed E-state index contributed by atoms with van der Waals surface area (Å²) in [5, 5.41) is 8.74. The second-order valence-electron chi connectivity index (χ2n) is 2.92. The van der Waals surface area contributed by atoms with Gasteiger partial charge in [0.2, 0.25) is 0 Å². The number of nitrogen functional groups attached to an aromatic ring is 1. The van der Waals surface area contributed by atoms with E-state index >= 15 is 0 Å². The average Bonchev–Trinajstić information content (AvgIpc) is 2.16. The Hall–Kier alpha value is -1.71. The molecule has 0 aliphatic rings. The molecule has 0 spiro atoms. The molecule has 76 valence electrons. The third-order valence-corrected chi connectivity index (χ3v) is 1.80. The fourth-order valence-electron chi connectivity index (χ4n) is 1.02. The highest BCUT2D eigenvalue weighted by Crippen LogP contribution is 2.15. The Kier molecular flexibility index (Phi) is 3.34. The number of hydrogen-bond donors (Lipinski definition) is 2. The van der Waals surface area contributed by atoms with E-state index in [4.69, 9.17) is 15.6 Å². The molecule has 1 aromatic rings. The minimum Gasteiger partial charge on any atom is -0.479 e. The highest BCUT2D eigenvalue weighted by molar-refractivity contribution is 5.72. The SMILES string of the molecule is CCC(Oc1ccc(N)cc1)C(=O)O. The number of carboxylic acid groups (broad SMARTS) is 1. The van der Waals surface area contributed by atoms with Crippen LogP contribution in [-0.2, 0) is 4.79 Å². The molecule has 1 aromatic carbocycles. The van der Waals surface area contributed by atoms with E-state index in [1.807, 2.05) is 0 Å². The fourth-order valence-corrected chi connectivity index (χ4v) is 1.02. The summed E-state index contributed by atoms with van der Waals surface area (Å²) in [6.45, 7) is 1.76. The quantitative estimate of drug-likeness (QED) is 0.714. The van der Waals surface area contributed by atoms with Crippen LogP contribution in [0.5, 0.6) is 5.75 Å². The molecular weight excluding hydrogens is 182 g/mol. The lowest BCUT2D eigenvalue weighted by Gasteiger charge is -2.12. The van der Waals surface area contributed by atoms with Gasteiger partial charge in [-0.2, -0.15) is 0 Å². The van der Waals surface area contributed by atoms with E-state index < -0.39 is 12.1 Å². The Morgan fingerprint density at radius 3 is 2.50 bits per heavy atom. The number of benzene rings is 1. The van der Waals surface area contributed by atoms with Crippen molar-refractivity contribution in [2.45, 2.75) is 19.4 Å². The first kappa shape index (κ1) is 10.4. The predicted octanol–water partition coefficient (Wildman–Crippen LogP) is 1.51. The Balaban J connectivity index is 2.67. The number of anilines is 1. The lowest BCUT2D eigenvalue weighted by Crippen LogP contribution is -2.25. The van der Waals surface area contributed by atoms with E-state index in [-0.39, 0.29) is 0 Å². The van der Waals surface area contributed by atoms with Gasteiger partial charge in [-0.15, -0.1) is 0 Å². The summed E-state index contributed by atoms with van der Waals surface area (Å²) < 4.78 is 5.22. The maximum Gasteiger partial charge on any atom is 0.344 e. The van der Waals surface area contributed by atoms with Crippen LogP contribution in [0.25, 0.3) is 0 Å². The largest absolute Gasteiger partial charge is 0.479 e. The van der Waals surface area contributed by atoms with Crippen LogP contribution in [-0.4, -0.2) is 17.2 Å². The summed E-state index contributed by atoms with van der Waals surface area (Å²) >= 11 is 0. The summed E-state index contributed by atoms with van der Waals surface area (Å²) in [6.07, 6.45) is -0.363. The molecule has 0 saturated carbocycles. The second-order valence-corrected chi connectivity index (χ2v) is 2.92. The smallest absolute Gasteiger partial charge is 0.344 e. The summed E-state index contributed by atoms with van der Waals surface area (Å²) in [6, 6.07) is 6.65. The van der Waals surface area contributed by atoms with Gasteiger partial charge < -0.3 is 15.6 Å². The van der Waals surface area contributed by atoms with E-state index in [1.54, 1.807) is 31.2 Å². The normalized spacial score (nSPS) is 12.1. The van der Waals surface area contributed by atoms with Crippen molar-refractivity contribution in [3.05, 3.63) is 24.3 Å². The molecule has 4 nitrogen and oxygen atoms in total. The number of carbonyl (C=O) groups is 1. The topological polar surface area (TPSA) is 72.5 Å². The third kappa shape index (κ3) is 2.65. The zero-order chi connectivity index (χ0) is 10.6. The first-order chi connectivity index (χ1) is 6.63. The van der Waals surface area contributed by atoms with Crippen molar-refractivity contribution >= 4 is 11.7 Å². The van der Waals surface area contributed by atoms with Crippen molar-refractivity contribution in [2.75, 3.05) is 5.73 Å². The predicted molar refractivity (Wildman–Crippen MR) is 53.2 cm³/mol. The highest BCUT2D eigenvalue weighted by Gasteiger charge is 2.16. The van der Waals surface area contributed by atoms with E-state index in [1.165, 1.54) is 0 Å². The van der Waals surface area contributed by atoms with E-state index in [2.05, 4.69) is 0 Å². The summed E-state index contributed by atoms with van der Waals surface area (Å²) in [5.41, 5.74) is 6.10. The van der Waals surface area contributed by atoms with Gasteiger partial charge in [0.1, 0.15) is 5.75 Å². The van der Waals surface area contributed by atoms with Crippen molar-refractivity contribution in [1.82, 2.24) is 0 Å². The minimum atomic E-state index is -0.954. The van der Waals surface area contributed by atoms with Crippen LogP contribution in [0.1, 0.15) is 13.3 Å². The van der Waals surface area contributed by atoms with Gasteiger partial charge in [0.15, 0.2) is 6.10 Å². The molecule has 0 aromatic heterocycles. The first-order valence-corrected chi connectivity index (χ1v) is 4.38. The lowest BCUT2D eigenvalue weighted by molar-refractivity contribution is -0.145. The van der Waals surface area contributed by atoms with Crippen molar-refractivity contribution in [1.29, 1.82) is 0 Å². The van der Waals surface area contributed by atoms with Gasteiger partial charge in [-0.25, -0.2) is 4.79 Å². The van der Waals surface area contributed by atoms with Crippen molar-refractivity contribution < 1.29 is 14.6 Å². The van der Waals surface area contributed by atoms with Crippen molar-refractivity contribution in [3.8, 4) is 5.75 Å². The molecule has 1 rings (SSSR count). The Morgan fingerprint density at radius 1 is 1.50 bits per heavy atom. The minimum absolute atomic E-state index is 0.430. The molecule has 0 aliphatic heterocycles. The fraction of sp³-hybridized carbons (Fsp3) is 0.300. The standard InChI is InChI=1S/C10H13NO3/c1-2-9(10(12)13)14-8-5-3-7(11)4-6-8/h3-6,9H,2,11H2,1H3,(H,12,13). The van der Waals surface area contributed by atoms with Gasteiger partial charge in [0, 0.05) is 5.69 Å². The first-order valence-electron chi connectivity index (χ1n) is 4.38. The molecule has 0 aliphatic carbocycles. The van der Waals surface area contributed by atoms with E-state index in [0.717, 1.165) is 0 Å². The van der Waals surface area contributed by atoms with Crippen LogP contribution in [0.4, 0.5) is 5.69 Å². The molecule has 1 unspecified atom stereocenters. The number of rotatable bonds is 4. The van der Waals surface area contributed by atoms with Crippen molar-refractivity contribution in [3.63, 3.8) is 0 Å².